The standard InChI is InChI=1S/C12H17N3O3/c1-3-7-13-10-8-9(14-12(16)4-2)5-6-11(10)15(17)18/h5-6,8,13H,3-4,7H2,1-2H3,(H,14,16). The van der Waals surface area contributed by atoms with E-state index in [2.05, 4.69) is 10.6 Å². The van der Waals surface area contributed by atoms with E-state index in [9.17, 15) is 14.9 Å². The summed E-state index contributed by atoms with van der Waals surface area (Å²) in [4.78, 5) is 21.7. The molecule has 0 unspecified atom stereocenters. The third-order valence-electron chi connectivity index (χ3n) is 2.36. The van der Waals surface area contributed by atoms with Gasteiger partial charge in [-0.15, -0.1) is 0 Å². The Kier molecular flexibility index (Phi) is 5.10. The number of nitrogens with zero attached hydrogens (tertiary/aromatic N) is 1. The Morgan fingerprint density at radius 2 is 2.11 bits per heavy atom. The fourth-order valence-electron chi connectivity index (χ4n) is 1.42. The molecule has 2 N–H and O–H groups in total. The summed E-state index contributed by atoms with van der Waals surface area (Å²) < 4.78 is 0. The van der Waals surface area contributed by atoms with E-state index in [0.29, 0.717) is 24.3 Å². The maximum Gasteiger partial charge on any atom is 0.292 e. The number of hydrogen-bond donors (Lipinski definition) is 2. The number of carbonyl (C=O) groups excluding carboxylic acids is 1. The van der Waals surface area contributed by atoms with Crippen LogP contribution in [0.5, 0.6) is 0 Å². The summed E-state index contributed by atoms with van der Waals surface area (Å²) in [7, 11) is 0. The topological polar surface area (TPSA) is 84.3 Å². The molecule has 0 aliphatic carbocycles. The van der Waals surface area contributed by atoms with Crippen molar-refractivity contribution in [1.29, 1.82) is 0 Å². The first-order valence-corrected chi connectivity index (χ1v) is 5.90. The zero-order chi connectivity index (χ0) is 13.5. The number of anilines is 2. The van der Waals surface area contributed by atoms with Crippen molar-refractivity contribution in [2.45, 2.75) is 26.7 Å². The highest BCUT2D eigenvalue weighted by molar-refractivity contribution is 5.91. The van der Waals surface area contributed by atoms with Crippen LogP contribution in [0.2, 0.25) is 0 Å². The van der Waals surface area contributed by atoms with E-state index >= 15 is 0 Å². The summed E-state index contributed by atoms with van der Waals surface area (Å²) in [5, 5.41) is 16.5. The molecule has 0 atom stereocenters. The molecule has 0 aliphatic heterocycles. The van der Waals surface area contributed by atoms with Crippen molar-refractivity contribution >= 4 is 23.0 Å². The molecule has 0 saturated carbocycles. The molecule has 1 aromatic carbocycles. The minimum Gasteiger partial charge on any atom is -0.379 e. The van der Waals surface area contributed by atoms with Gasteiger partial charge in [0.25, 0.3) is 5.69 Å². The van der Waals surface area contributed by atoms with E-state index < -0.39 is 4.92 Å². The van der Waals surface area contributed by atoms with Gasteiger partial charge >= 0.3 is 0 Å². The minimum atomic E-state index is -0.441. The number of amides is 1. The molecule has 0 saturated heterocycles. The number of rotatable bonds is 6. The first kappa shape index (κ1) is 14.0. The lowest BCUT2D eigenvalue weighted by molar-refractivity contribution is -0.383. The predicted molar refractivity (Wildman–Crippen MR) is 70.8 cm³/mol. The van der Waals surface area contributed by atoms with E-state index in [1.165, 1.54) is 12.1 Å². The van der Waals surface area contributed by atoms with Crippen molar-refractivity contribution in [1.82, 2.24) is 0 Å². The molecule has 6 heteroatoms. The molecule has 0 heterocycles. The van der Waals surface area contributed by atoms with Gasteiger partial charge in [-0.2, -0.15) is 0 Å². The molecule has 6 nitrogen and oxygen atoms in total. The van der Waals surface area contributed by atoms with Crippen LogP contribution in [0, 0.1) is 10.1 Å². The molecular formula is C12H17N3O3. The van der Waals surface area contributed by atoms with Crippen molar-refractivity contribution in [3.63, 3.8) is 0 Å². The molecule has 0 bridgehead atoms. The largest absolute Gasteiger partial charge is 0.379 e. The normalized spacial score (nSPS) is 9.89. The van der Waals surface area contributed by atoms with E-state index in [4.69, 9.17) is 0 Å². The lowest BCUT2D eigenvalue weighted by Gasteiger charge is -2.09. The Hall–Kier alpha value is -2.11. The minimum absolute atomic E-state index is 0.0120. The highest BCUT2D eigenvalue weighted by atomic mass is 16.6. The van der Waals surface area contributed by atoms with Crippen molar-refractivity contribution in [2.24, 2.45) is 0 Å². The summed E-state index contributed by atoms with van der Waals surface area (Å²) in [5.41, 5.74) is 1.000. The number of benzene rings is 1. The van der Waals surface area contributed by atoms with Gasteiger partial charge in [0.05, 0.1) is 4.92 Å². The third-order valence-corrected chi connectivity index (χ3v) is 2.36. The molecule has 0 radical (unpaired) electrons. The van der Waals surface area contributed by atoms with Crippen molar-refractivity contribution < 1.29 is 9.72 Å². The van der Waals surface area contributed by atoms with Crippen LogP contribution in [0.3, 0.4) is 0 Å². The Morgan fingerprint density at radius 3 is 2.67 bits per heavy atom. The Bertz CT molecular complexity index is 446. The maximum absolute atomic E-state index is 11.3. The van der Waals surface area contributed by atoms with Crippen LogP contribution in [0.15, 0.2) is 18.2 Å². The lowest BCUT2D eigenvalue weighted by Crippen LogP contribution is -2.10. The van der Waals surface area contributed by atoms with E-state index in [-0.39, 0.29) is 11.6 Å². The summed E-state index contributed by atoms with van der Waals surface area (Å²) in [6.45, 7) is 4.37. The molecule has 98 valence electrons. The fourth-order valence-corrected chi connectivity index (χ4v) is 1.42. The first-order valence-electron chi connectivity index (χ1n) is 5.90. The quantitative estimate of drug-likeness (QED) is 0.601. The van der Waals surface area contributed by atoms with Crippen molar-refractivity contribution in [3.05, 3.63) is 28.3 Å². The highest BCUT2D eigenvalue weighted by Gasteiger charge is 2.14. The van der Waals surface area contributed by atoms with Crippen molar-refractivity contribution in [3.8, 4) is 0 Å². The zero-order valence-corrected chi connectivity index (χ0v) is 10.5. The van der Waals surface area contributed by atoms with Crippen molar-refractivity contribution in [2.75, 3.05) is 17.2 Å². The average Bonchev–Trinajstić information content (AvgIpc) is 2.36. The van der Waals surface area contributed by atoms with E-state index in [1.807, 2.05) is 6.92 Å². The molecule has 18 heavy (non-hydrogen) atoms. The smallest absolute Gasteiger partial charge is 0.292 e. The second-order valence-corrected chi connectivity index (χ2v) is 3.82. The second-order valence-electron chi connectivity index (χ2n) is 3.82. The van der Waals surface area contributed by atoms with Gasteiger partial charge in [0, 0.05) is 24.7 Å². The monoisotopic (exact) mass is 251 g/mol. The van der Waals surface area contributed by atoms with Gasteiger partial charge < -0.3 is 10.6 Å². The van der Waals surface area contributed by atoms with E-state index in [0.717, 1.165) is 6.42 Å². The molecular weight excluding hydrogens is 234 g/mol. The molecule has 1 aromatic rings. The Labute approximate surface area is 106 Å². The van der Waals surface area contributed by atoms with Gasteiger partial charge in [-0.25, -0.2) is 0 Å². The number of nitro groups is 1. The molecule has 0 spiro atoms. The Balaban J connectivity index is 2.96. The fraction of sp³-hybridized carbons (Fsp3) is 0.417. The third kappa shape index (κ3) is 3.73. The molecule has 0 aromatic heterocycles. The van der Waals surface area contributed by atoms with Crippen LogP contribution in [0.1, 0.15) is 26.7 Å². The van der Waals surface area contributed by atoms with Gasteiger partial charge in [-0.3, -0.25) is 14.9 Å². The SMILES string of the molecule is CCCNc1cc(NC(=O)CC)ccc1[N+](=O)[O-]. The molecule has 0 aliphatic rings. The zero-order valence-electron chi connectivity index (χ0n) is 10.5. The number of nitro benzene ring substituents is 1. The Morgan fingerprint density at radius 1 is 1.39 bits per heavy atom. The van der Waals surface area contributed by atoms with Gasteiger partial charge in [0.15, 0.2) is 0 Å². The summed E-state index contributed by atoms with van der Waals surface area (Å²) in [6, 6.07) is 4.51. The average molecular weight is 251 g/mol. The maximum atomic E-state index is 11.3. The van der Waals surface area contributed by atoms with Crippen LogP contribution in [0.25, 0.3) is 0 Å². The predicted octanol–water partition coefficient (Wildman–Crippen LogP) is 2.77. The van der Waals surface area contributed by atoms with Crippen LogP contribution in [-0.2, 0) is 4.79 Å². The van der Waals surface area contributed by atoms with Gasteiger partial charge in [0.2, 0.25) is 5.91 Å². The van der Waals surface area contributed by atoms with Crippen LogP contribution in [0.4, 0.5) is 17.1 Å². The number of hydrogen-bond acceptors (Lipinski definition) is 4. The summed E-state index contributed by atoms with van der Waals surface area (Å²) in [6.07, 6.45) is 1.23. The number of nitrogens with one attached hydrogen (secondary N) is 2. The molecule has 0 fully saturated rings. The van der Waals surface area contributed by atoms with Crippen LogP contribution < -0.4 is 10.6 Å². The van der Waals surface area contributed by atoms with Crippen LogP contribution in [-0.4, -0.2) is 17.4 Å². The van der Waals surface area contributed by atoms with Gasteiger partial charge in [-0.05, 0) is 18.6 Å². The second kappa shape index (κ2) is 6.58. The first-order chi connectivity index (χ1) is 8.58. The van der Waals surface area contributed by atoms with E-state index in [1.54, 1.807) is 13.0 Å². The summed E-state index contributed by atoms with van der Waals surface area (Å²) >= 11 is 0. The lowest BCUT2D eigenvalue weighted by atomic mass is 10.2. The van der Waals surface area contributed by atoms with Gasteiger partial charge in [-0.1, -0.05) is 13.8 Å². The summed E-state index contributed by atoms with van der Waals surface area (Å²) in [5.74, 6) is -0.120. The highest BCUT2D eigenvalue weighted by Crippen LogP contribution is 2.27. The van der Waals surface area contributed by atoms with Gasteiger partial charge in [0.1, 0.15) is 5.69 Å². The number of carbonyl (C=O) groups is 1. The molecule has 1 rings (SSSR count). The van der Waals surface area contributed by atoms with Crippen LogP contribution >= 0.6 is 0 Å². The molecule has 1 amide bonds.